The lowest BCUT2D eigenvalue weighted by Crippen LogP contribution is -2.13. The Kier molecular flexibility index (Phi) is 11.4. The fraction of sp³-hybridized carbons (Fsp3) is 1.00. The van der Waals surface area contributed by atoms with E-state index in [-0.39, 0.29) is 6.10 Å². The fourth-order valence-corrected chi connectivity index (χ4v) is 3.62. The normalized spacial score (nSPS) is 18.9. The molecule has 1 atom stereocenters. The first-order chi connectivity index (χ1) is 9.83. The lowest BCUT2D eigenvalue weighted by molar-refractivity contribution is 0.125. The third kappa shape index (κ3) is 9.80. The Morgan fingerprint density at radius 1 is 0.800 bits per heavy atom. The van der Waals surface area contributed by atoms with Crippen LogP contribution in [0.2, 0.25) is 0 Å². The van der Waals surface area contributed by atoms with E-state index in [2.05, 4.69) is 6.92 Å². The van der Waals surface area contributed by atoms with Crippen LogP contribution in [-0.4, -0.2) is 11.2 Å². The smallest absolute Gasteiger partial charge is 0.0542 e. The average molecular weight is 283 g/mol. The van der Waals surface area contributed by atoms with Gasteiger partial charge < -0.3 is 5.11 Å². The first-order valence-electron chi connectivity index (χ1n) is 9.51. The summed E-state index contributed by atoms with van der Waals surface area (Å²) in [5.41, 5.74) is 0. The molecule has 1 unspecified atom stereocenters. The van der Waals surface area contributed by atoms with E-state index in [0.29, 0.717) is 0 Å². The van der Waals surface area contributed by atoms with Gasteiger partial charge in [0.15, 0.2) is 0 Å². The molecule has 0 saturated heterocycles. The zero-order chi connectivity index (χ0) is 14.5. The van der Waals surface area contributed by atoms with Gasteiger partial charge in [-0.3, -0.25) is 0 Å². The van der Waals surface area contributed by atoms with Crippen LogP contribution in [0.1, 0.15) is 110 Å². The van der Waals surface area contributed by atoms with Gasteiger partial charge in [-0.05, 0) is 18.8 Å². The minimum Gasteiger partial charge on any atom is -0.393 e. The Balaban J connectivity index is 1.90. The van der Waals surface area contributed by atoms with Gasteiger partial charge in [-0.25, -0.2) is 0 Å². The van der Waals surface area contributed by atoms with Crippen molar-refractivity contribution in [1.82, 2.24) is 0 Å². The molecule has 0 bridgehead atoms. The predicted octanol–water partition coefficient (Wildman–Crippen LogP) is 6.24. The summed E-state index contributed by atoms with van der Waals surface area (Å²) in [6.07, 6.45) is 21.4. The van der Waals surface area contributed by atoms with E-state index in [0.717, 1.165) is 18.8 Å². The summed E-state index contributed by atoms with van der Waals surface area (Å²) in [7, 11) is 0. The molecule has 120 valence electrons. The quantitative estimate of drug-likeness (QED) is 0.351. The van der Waals surface area contributed by atoms with Crippen LogP contribution in [0.25, 0.3) is 0 Å². The van der Waals surface area contributed by atoms with E-state index in [9.17, 15) is 5.11 Å². The first-order valence-corrected chi connectivity index (χ1v) is 9.51. The molecular weight excluding hydrogens is 244 g/mol. The summed E-state index contributed by atoms with van der Waals surface area (Å²) in [6.45, 7) is 2.27. The number of rotatable bonds is 11. The molecular formula is C19H38O. The zero-order valence-corrected chi connectivity index (χ0v) is 13.9. The van der Waals surface area contributed by atoms with Gasteiger partial charge in [0.05, 0.1) is 6.10 Å². The molecule has 0 spiro atoms. The molecule has 0 heterocycles. The SMILES string of the molecule is CCCCCCCCCCC(O)CC1CCCCCC1. The minimum atomic E-state index is -0.0156. The van der Waals surface area contributed by atoms with Crippen molar-refractivity contribution >= 4 is 0 Å². The van der Waals surface area contributed by atoms with Gasteiger partial charge >= 0.3 is 0 Å². The van der Waals surface area contributed by atoms with Crippen LogP contribution >= 0.6 is 0 Å². The van der Waals surface area contributed by atoms with Gasteiger partial charge in [0.2, 0.25) is 0 Å². The summed E-state index contributed by atoms with van der Waals surface area (Å²) in [6, 6.07) is 0. The lowest BCUT2D eigenvalue weighted by atomic mass is 9.92. The molecule has 1 nitrogen and oxygen atoms in total. The maximum Gasteiger partial charge on any atom is 0.0542 e. The summed E-state index contributed by atoms with van der Waals surface area (Å²) in [4.78, 5) is 0. The highest BCUT2D eigenvalue weighted by molar-refractivity contribution is 4.69. The molecule has 20 heavy (non-hydrogen) atoms. The maximum atomic E-state index is 10.2. The highest BCUT2D eigenvalue weighted by Gasteiger charge is 2.16. The second-order valence-electron chi connectivity index (χ2n) is 7.01. The Labute approximate surface area is 127 Å². The van der Waals surface area contributed by atoms with Crippen molar-refractivity contribution in [2.24, 2.45) is 5.92 Å². The number of unbranched alkanes of at least 4 members (excludes halogenated alkanes) is 7. The minimum absolute atomic E-state index is 0.0156. The van der Waals surface area contributed by atoms with Gasteiger partial charge in [0, 0.05) is 0 Å². The standard InChI is InChI=1S/C19H38O/c1-2-3-4-5-6-7-8-13-16-19(20)17-18-14-11-9-10-12-15-18/h18-20H,2-17H2,1H3. The second-order valence-corrected chi connectivity index (χ2v) is 7.01. The molecule has 1 heteroatoms. The van der Waals surface area contributed by atoms with Crippen LogP contribution in [0.15, 0.2) is 0 Å². The third-order valence-electron chi connectivity index (χ3n) is 4.97. The Bertz CT molecular complexity index is 194. The highest BCUT2D eigenvalue weighted by atomic mass is 16.3. The number of hydrogen-bond donors (Lipinski definition) is 1. The van der Waals surface area contributed by atoms with Crippen molar-refractivity contribution in [3.63, 3.8) is 0 Å². The van der Waals surface area contributed by atoms with Crippen molar-refractivity contribution < 1.29 is 5.11 Å². The number of hydrogen-bond acceptors (Lipinski definition) is 1. The summed E-state index contributed by atoms with van der Waals surface area (Å²) >= 11 is 0. The van der Waals surface area contributed by atoms with Crippen molar-refractivity contribution in [2.45, 2.75) is 116 Å². The molecule has 0 aromatic heterocycles. The van der Waals surface area contributed by atoms with E-state index < -0.39 is 0 Å². The lowest BCUT2D eigenvalue weighted by Gasteiger charge is -2.18. The van der Waals surface area contributed by atoms with Gasteiger partial charge in [0.1, 0.15) is 0 Å². The van der Waals surface area contributed by atoms with E-state index >= 15 is 0 Å². The largest absolute Gasteiger partial charge is 0.393 e. The van der Waals surface area contributed by atoms with E-state index in [4.69, 9.17) is 0 Å². The Morgan fingerprint density at radius 2 is 1.35 bits per heavy atom. The van der Waals surface area contributed by atoms with Gasteiger partial charge in [-0.1, -0.05) is 96.8 Å². The van der Waals surface area contributed by atoms with Crippen LogP contribution in [0.3, 0.4) is 0 Å². The summed E-state index contributed by atoms with van der Waals surface area (Å²) in [5.74, 6) is 0.821. The zero-order valence-electron chi connectivity index (χ0n) is 13.9. The topological polar surface area (TPSA) is 20.2 Å². The van der Waals surface area contributed by atoms with Gasteiger partial charge in [-0.15, -0.1) is 0 Å². The van der Waals surface area contributed by atoms with E-state index in [1.807, 2.05) is 0 Å². The second kappa shape index (κ2) is 12.7. The molecule has 0 radical (unpaired) electrons. The highest BCUT2D eigenvalue weighted by Crippen LogP contribution is 2.27. The van der Waals surface area contributed by atoms with E-state index in [1.165, 1.54) is 89.9 Å². The Hall–Kier alpha value is -0.0400. The third-order valence-corrected chi connectivity index (χ3v) is 4.97. The molecule has 1 aliphatic carbocycles. The van der Waals surface area contributed by atoms with Gasteiger partial charge in [0.25, 0.3) is 0 Å². The molecule has 1 fully saturated rings. The molecule has 1 saturated carbocycles. The molecule has 0 aromatic carbocycles. The van der Waals surface area contributed by atoms with Crippen LogP contribution in [0.4, 0.5) is 0 Å². The number of aliphatic hydroxyl groups is 1. The fourth-order valence-electron chi connectivity index (χ4n) is 3.62. The van der Waals surface area contributed by atoms with Crippen LogP contribution in [0.5, 0.6) is 0 Å². The molecule has 1 N–H and O–H groups in total. The van der Waals surface area contributed by atoms with Crippen LogP contribution in [-0.2, 0) is 0 Å². The van der Waals surface area contributed by atoms with Crippen LogP contribution in [0, 0.1) is 5.92 Å². The summed E-state index contributed by atoms with van der Waals surface area (Å²) < 4.78 is 0. The molecule has 0 aliphatic heterocycles. The average Bonchev–Trinajstić information content (AvgIpc) is 2.70. The monoisotopic (exact) mass is 282 g/mol. The predicted molar refractivity (Wildman–Crippen MR) is 89.0 cm³/mol. The Morgan fingerprint density at radius 3 is 1.95 bits per heavy atom. The van der Waals surface area contributed by atoms with Gasteiger partial charge in [-0.2, -0.15) is 0 Å². The first kappa shape index (κ1) is 18.0. The van der Waals surface area contributed by atoms with Crippen molar-refractivity contribution in [3.05, 3.63) is 0 Å². The van der Waals surface area contributed by atoms with Crippen molar-refractivity contribution in [2.75, 3.05) is 0 Å². The van der Waals surface area contributed by atoms with Crippen molar-refractivity contribution in [1.29, 1.82) is 0 Å². The number of aliphatic hydroxyl groups excluding tert-OH is 1. The van der Waals surface area contributed by atoms with E-state index in [1.54, 1.807) is 0 Å². The molecule has 0 amide bonds. The van der Waals surface area contributed by atoms with Crippen LogP contribution < -0.4 is 0 Å². The molecule has 1 rings (SSSR count). The molecule has 0 aromatic rings. The maximum absolute atomic E-state index is 10.2. The molecule has 1 aliphatic rings. The summed E-state index contributed by atoms with van der Waals surface area (Å²) in [5, 5.41) is 10.2. The van der Waals surface area contributed by atoms with Crippen molar-refractivity contribution in [3.8, 4) is 0 Å².